The number of amides is 2. The minimum atomic E-state index is -4.73. The first-order valence-electron chi connectivity index (χ1n) is 15.4. The summed E-state index contributed by atoms with van der Waals surface area (Å²) in [6.45, 7) is 1.18. The maximum Gasteiger partial charge on any atom is 0.432 e. The second kappa shape index (κ2) is 14.4. The number of hydrogen-bond acceptors (Lipinski definition) is 11. The summed E-state index contributed by atoms with van der Waals surface area (Å²) in [7, 11) is 0. The number of halogens is 3. The number of aromatic nitrogens is 3. The van der Waals surface area contributed by atoms with Crippen molar-refractivity contribution in [3.8, 4) is 17.9 Å². The van der Waals surface area contributed by atoms with E-state index in [0.29, 0.717) is 21.6 Å². The maximum absolute atomic E-state index is 13.9. The third kappa shape index (κ3) is 7.21. The number of carbonyl (C=O) groups is 2. The smallest absolute Gasteiger partial charge is 0.432 e. The van der Waals surface area contributed by atoms with Gasteiger partial charge >= 0.3 is 18.4 Å². The van der Waals surface area contributed by atoms with Crippen LogP contribution < -0.4 is 14.5 Å². The molecule has 1 aliphatic rings. The van der Waals surface area contributed by atoms with Gasteiger partial charge in [-0.15, -0.1) is 10.00 Å². The average molecular weight is 721 g/mol. The summed E-state index contributed by atoms with van der Waals surface area (Å²) in [5.41, 5.74) is 0.0590. The Labute approximate surface area is 297 Å². The zero-order valence-corrected chi connectivity index (χ0v) is 27.3. The van der Waals surface area contributed by atoms with E-state index >= 15 is 0 Å². The van der Waals surface area contributed by atoms with Crippen molar-refractivity contribution < 1.29 is 37.2 Å². The van der Waals surface area contributed by atoms with Crippen LogP contribution in [-0.2, 0) is 17.5 Å². The number of alkyl halides is 3. The Hall–Kier alpha value is -7.53. The van der Waals surface area contributed by atoms with Crippen LogP contribution in [0, 0.1) is 32.8 Å². The molecular formula is C36H23F3N8O6. The van der Waals surface area contributed by atoms with E-state index in [1.165, 1.54) is 36.1 Å². The number of fused-ring (bicyclic) bond motifs is 1. The summed E-state index contributed by atoms with van der Waals surface area (Å²) < 4.78 is 53.5. The van der Waals surface area contributed by atoms with Crippen molar-refractivity contribution in [1.29, 1.82) is 10.5 Å². The van der Waals surface area contributed by atoms with E-state index < -0.39 is 40.8 Å². The van der Waals surface area contributed by atoms with Gasteiger partial charge in [0.05, 0.1) is 33.8 Å². The topological polar surface area (TPSA) is 181 Å². The standard InChI is InChI=1S/C36H23F3N8O6/c1-22-30(20-41)31(25-12-10-23(19-40)11-13-25)46-33(44(22)28-9-5-8-26(18-28)36(37,38)39)42-32(43-46)45(34(48)52-21-24-6-3-2-4-7-24)35(49)53-29-16-14-27(15-17-29)47(50)51/h2-18,31H,21H2,1H3. The fourth-order valence-corrected chi connectivity index (χ4v) is 5.44. The number of nitrogens with zero attached hydrogens (tertiary/aromatic N) is 8. The molecule has 0 saturated heterocycles. The highest BCUT2D eigenvalue weighted by Crippen LogP contribution is 2.44. The van der Waals surface area contributed by atoms with Crippen LogP contribution in [0.15, 0.2) is 114 Å². The third-order valence-electron chi connectivity index (χ3n) is 7.98. The molecule has 1 atom stereocenters. The lowest BCUT2D eigenvalue weighted by molar-refractivity contribution is -0.384. The predicted octanol–water partition coefficient (Wildman–Crippen LogP) is 7.96. The molecule has 1 unspecified atom stereocenters. The number of hydrogen-bond donors (Lipinski definition) is 0. The summed E-state index contributed by atoms with van der Waals surface area (Å²) in [6.07, 6.45) is -7.44. The Kier molecular flexibility index (Phi) is 9.57. The molecule has 0 saturated carbocycles. The highest BCUT2D eigenvalue weighted by Gasteiger charge is 2.40. The van der Waals surface area contributed by atoms with Gasteiger partial charge in [0.15, 0.2) is 0 Å². The van der Waals surface area contributed by atoms with Crippen molar-refractivity contribution in [2.24, 2.45) is 0 Å². The number of carbonyl (C=O) groups excluding carboxylic acids is 2. The molecule has 1 aromatic heterocycles. The van der Waals surface area contributed by atoms with Gasteiger partial charge in [-0.2, -0.15) is 28.7 Å². The first-order valence-corrected chi connectivity index (χ1v) is 15.4. The fourth-order valence-electron chi connectivity index (χ4n) is 5.44. The monoisotopic (exact) mass is 720 g/mol. The van der Waals surface area contributed by atoms with Gasteiger partial charge in [0, 0.05) is 23.5 Å². The molecule has 0 fully saturated rings. The van der Waals surface area contributed by atoms with E-state index in [9.17, 15) is 43.4 Å². The molecule has 6 rings (SSSR count). The Bertz CT molecular complexity index is 2330. The van der Waals surface area contributed by atoms with Crippen LogP contribution in [0.25, 0.3) is 0 Å². The van der Waals surface area contributed by atoms with E-state index in [1.54, 1.807) is 42.5 Å². The number of ether oxygens (including phenoxy) is 2. The van der Waals surface area contributed by atoms with E-state index in [2.05, 4.69) is 16.2 Å². The molecule has 0 spiro atoms. The SMILES string of the molecule is CC1=C(C#N)C(c2ccc(C#N)cc2)n2nc(N(C(=O)OCc3ccccc3)C(=O)Oc3ccc([N+](=O)[O-])cc3)nc2N1c1cccc(C(F)(F)F)c1. The molecule has 1 aliphatic heterocycles. The van der Waals surface area contributed by atoms with Crippen molar-refractivity contribution in [3.05, 3.63) is 147 Å². The molecule has 0 aliphatic carbocycles. The number of non-ortho nitro benzene ring substituents is 1. The molecule has 2 amide bonds. The lowest BCUT2D eigenvalue weighted by Crippen LogP contribution is -2.40. The first-order chi connectivity index (χ1) is 25.4. The molecule has 0 radical (unpaired) electrons. The van der Waals surface area contributed by atoms with Crippen LogP contribution in [0.4, 0.5) is 46.0 Å². The summed E-state index contributed by atoms with van der Waals surface area (Å²) in [6, 6.07) is 26.2. The van der Waals surface area contributed by atoms with Gasteiger partial charge < -0.3 is 9.47 Å². The predicted molar refractivity (Wildman–Crippen MR) is 179 cm³/mol. The first kappa shape index (κ1) is 35.3. The number of nitro benzene ring substituents is 1. The molecule has 5 aromatic rings. The average Bonchev–Trinajstić information content (AvgIpc) is 3.57. The molecule has 264 valence electrons. The van der Waals surface area contributed by atoms with Gasteiger partial charge in [0.2, 0.25) is 5.95 Å². The maximum atomic E-state index is 13.9. The number of allylic oxidation sites excluding steroid dienone is 2. The minimum absolute atomic E-state index is 0.0164. The second-order valence-corrected chi connectivity index (χ2v) is 11.3. The summed E-state index contributed by atoms with van der Waals surface area (Å²) in [4.78, 5) is 44.0. The highest BCUT2D eigenvalue weighted by atomic mass is 19.4. The van der Waals surface area contributed by atoms with Gasteiger partial charge in [-0.3, -0.25) is 15.0 Å². The summed E-state index contributed by atoms with van der Waals surface area (Å²) in [5.74, 6) is -1.04. The van der Waals surface area contributed by atoms with Crippen LogP contribution in [-0.4, -0.2) is 31.9 Å². The van der Waals surface area contributed by atoms with Crippen molar-refractivity contribution in [2.45, 2.75) is 25.7 Å². The number of anilines is 3. The Balaban J connectivity index is 1.50. The van der Waals surface area contributed by atoms with Crippen LogP contribution >= 0.6 is 0 Å². The van der Waals surface area contributed by atoms with Crippen LogP contribution in [0.5, 0.6) is 5.75 Å². The van der Waals surface area contributed by atoms with Crippen molar-refractivity contribution in [2.75, 3.05) is 9.80 Å². The van der Waals surface area contributed by atoms with Gasteiger partial charge in [-0.25, -0.2) is 14.3 Å². The van der Waals surface area contributed by atoms with E-state index in [4.69, 9.17) is 9.47 Å². The van der Waals surface area contributed by atoms with E-state index in [1.807, 2.05) is 6.07 Å². The molecule has 0 bridgehead atoms. The van der Waals surface area contributed by atoms with E-state index in [-0.39, 0.29) is 40.9 Å². The molecule has 0 N–H and O–H groups in total. The number of rotatable bonds is 7. The number of nitriles is 2. The van der Waals surface area contributed by atoms with Crippen LogP contribution in [0.1, 0.15) is 35.2 Å². The molecule has 53 heavy (non-hydrogen) atoms. The number of benzene rings is 4. The number of imide groups is 1. The molecular weight excluding hydrogens is 697 g/mol. The summed E-state index contributed by atoms with van der Waals surface area (Å²) in [5, 5.41) is 35.4. The van der Waals surface area contributed by atoms with Gasteiger partial charge in [0.25, 0.3) is 11.6 Å². The Morgan fingerprint density at radius 3 is 2.26 bits per heavy atom. The van der Waals surface area contributed by atoms with Gasteiger partial charge in [0.1, 0.15) is 18.4 Å². The zero-order chi connectivity index (χ0) is 37.9. The Morgan fingerprint density at radius 2 is 1.64 bits per heavy atom. The molecule has 4 aromatic carbocycles. The molecule has 2 heterocycles. The van der Waals surface area contributed by atoms with Crippen LogP contribution in [0.2, 0.25) is 0 Å². The van der Waals surface area contributed by atoms with E-state index in [0.717, 1.165) is 41.1 Å². The van der Waals surface area contributed by atoms with Gasteiger partial charge in [-0.1, -0.05) is 48.5 Å². The Morgan fingerprint density at radius 1 is 0.943 bits per heavy atom. The van der Waals surface area contributed by atoms with Crippen molar-refractivity contribution in [3.63, 3.8) is 0 Å². The van der Waals surface area contributed by atoms with Crippen molar-refractivity contribution in [1.82, 2.24) is 14.8 Å². The minimum Gasteiger partial charge on any atom is -0.444 e. The summed E-state index contributed by atoms with van der Waals surface area (Å²) >= 11 is 0. The lowest BCUT2D eigenvalue weighted by Gasteiger charge is -2.34. The number of nitro groups is 1. The largest absolute Gasteiger partial charge is 0.444 e. The quantitative estimate of drug-likeness (QED) is 0.118. The van der Waals surface area contributed by atoms with Gasteiger partial charge in [-0.05, 0) is 60.5 Å². The zero-order valence-electron chi connectivity index (χ0n) is 27.3. The normalized spacial score (nSPS) is 13.7. The fraction of sp³-hybridized carbons (Fsp3) is 0.111. The molecule has 17 heteroatoms. The van der Waals surface area contributed by atoms with Crippen molar-refractivity contribution >= 4 is 35.5 Å². The molecule has 14 nitrogen and oxygen atoms in total. The third-order valence-corrected chi connectivity index (χ3v) is 7.98. The lowest BCUT2D eigenvalue weighted by atomic mass is 9.95. The second-order valence-electron chi connectivity index (χ2n) is 11.3. The van der Waals surface area contributed by atoms with Crippen LogP contribution in [0.3, 0.4) is 0 Å². The highest BCUT2D eigenvalue weighted by molar-refractivity contribution is 6.08.